The van der Waals surface area contributed by atoms with E-state index in [4.69, 9.17) is 0 Å². The topological polar surface area (TPSA) is 57.5 Å². The Morgan fingerprint density at radius 2 is 1.96 bits per heavy atom. The van der Waals surface area contributed by atoms with E-state index in [1.54, 1.807) is 0 Å². The molecule has 0 saturated carbocycles. The summed E-state index contributed by atoms with van der Waals surface area (Å²) in [6.07, 6.45) is 4.89. The number of aliphatic imine (C=N–C) groups is 1. The Morgan fingerprint density at radius 3 is 2.54 bits per heavy atom. The average Bonchev–Trinajstić information content (AvgIpc) is 2.93. The molecule has 0 aromatic carbocycles. The molecule has 0 spiro atoms. The predicted octanol–water partition coefficient (Wildman–Crippen LogP) is 2.80. The molecule has 1 aliphatic heterocycles. The molecule has 0 unspecified atom stereocenters. The lowest BCUT2D eigenvalue weighted by Crippen LogP contribution is -2.43. The molecule has 0 amide bonds. The van der Waals surface area contributed by atoms with E-state index in [0.29, 0.717) is 0 Å². The van der Waals surface area contributed by atoms with Crippen LogP contribution >= 0.6 is 24.0 Å². The van der Waals surface area contributed by atoms with Crippen LogP contribution in [0.3, 0.4) is 0 Å². The van der Waals surface area contributed by atoms with Crippen molar-refractivity contribution in [3.8, 4) is 0 Å². The smallest absolute Gasteiger partial charge is 0.190 e. The van der Waals surface area contributed by atoms with Gasteiger partial charge in [0.25, 0.3) is 0 Å². The lowest BCUT2D eigenvalue weighted by Gasteiger charge is -2.32. The molecular weight excluding hydrogens is 439 g/mol. The van der Waals surface area contributed by atoms with Crippen molar-refractivity contribution in [2.75, 3.05) is 39.8 Å². The Morgan fingerprint density at radius 1 is 1.23 bits per heavy atom. The Kier molecular flexibility index (Phi) is 11.2. The Labute approximate surface area is 176 Å². The number of nitrogens with one attached hydrogen (secondary N) is 2. The van der Waals surface area contributed by atoms with Gasteiger partial charge in [0, 0.05) is 32.4 Å². The summed E-state index contributed by atoms with van der Waals surface area (Å²) in [7, 11) is 1.85. The number of piperidine rings is 1. The summed E-state index contributed by atoms with van der Waals surface area (Å²) < 4.78 is 2.08. The molecule has 0 bridgehead atoms. The number of guanidine groups is 1. The van der Waals surface area contributed by atoms with Crippen LogP contribution in [0.15, 0.2) is 11.1 Å². The summed E-state index contributed by atoms with van der Waals surface area (Å²) in [5, 5.41) is 11.4. The summed E-state index contributed by atoms with van der Waals surface area (Å²) in [6.45, 7) is 13.0. The summed E-state index contributed by atoms with van der Waals surface area (Å²) in [5.74, 6) is 1.69. The lowest BCUT2D eigenvalue weighted by molar-refractivity contribution is 0.185. The van der Waals surface area contributed by atoms with Crippen LogP contribution in [0.5, 0.6) is 0 Å². The first-order valence-corrected chi connectivity index (χ1v) is 9.80. The fourth-order valence-electron chi connectivity index (χ4n) is 3.53. The minimum absolute atomic E-state index is 0. The van der Waals surface area contributed by atoms with Gasteiger partial charge in [-0.15, -0.1) is 24.0 Å². The van der Waals surface area contributed by atoms with Crippen LogP contribution in [-0.4, -0.2) is 60.4 Å². The molecule has 2 rings (SSSR count). The second-order valence-electron chi connectivity index (χ2n) is 7.17. The maximum Gasteiger partial charge on any atom is 0.190 e. The van der Waals surface area contributed by atoms with Crippen molar-refractivity contribution in [3.63, 3.8) is 0 Å². The molecule has 2 N–H and O–H groups in total. The third-order valence-corrected chi connectivity index (χ3v) is 4.97. The fraction of sp³-hybridized carbons (Fsp3) is 0.789. The SMILES string of the molecule is CCCN1CCC(CNC(=NC)NCCCn2nc(C)cc2C)CC1.I. The standard InChI is InChI=1S/C19H36N6.HI/c1-5-10-24-12-7-18(8-13-24)15-22-19(20-4)21-9-6-11-25-17(3)14-16(2)23-25;/h14,18H,5-13,15H2,1-4H3,(H2,20,21,22);1H. The van der Waals surface area contributed by atoms with Gasteiger partial charge in [0.05, 0.1) is 5.69 Å². The number of hydrogen-bond acceptors (Lipinski definition) is 3. The van der Waals surface area contributed by atoms with Gasteiger partial charge in [0.1, 0.15) is 0 Å². The third-order valence-electron chi connectivity index (χ3n) is 4.97. The number of nitrogens with zero attached hydrogens (tertiary/aromatic N) is 4. The first-order chi connectivity index (χ1) is 12.1. The molecule has 1 aromatic heterocycles. The highest BCUT2D eigenvalue weighted by atomic mass is 127. The Hall–Kier alpha value is -0.830. The van der Waals surface area contributed by atoms with E-state index in [1.165, 1.54) is 44.6 Å². The first-order valence-electron chi connectivity index (χ1n) is 9.80. The van der Waals surface area contributed by atoms with Gasteiger partial charge >= 0.3 is 0 Å². The second-order valence-corrected chi connectivity index (χ2v) is 7.17. The number of likely N-dealkylation sites (tertiary alicyclic amines) is 1. The molecule has 0 atom stereocenters. The van der Waals surface area contributed by atoms with E-state index in [0.717, 1.165) is 43.6 Å². The zero-order chi connectivity index (χ0) is 18.1. The van der Waals surface area contributed by atoms with Crippen molar-refractivity contribution in [1.82, 2.24) is 25.3 Å². The van der Waals surface area contributed by atoms with Crippen LogP contribution in [0.4, 0.5) is 0 Å². The van der Waals surface area contributed by atoms with Crippen molar-refractivity contribution < 1.29 is 0 Å². The van der Waals surface area contributed by atoms with Crippen LogP contribution in [-0.2, 0) is 6.54 Å². The molecule has 1 aliphatic rings. The molecule has 150 valence electrons. The first kappa shape index (κ1) is 23.2. The predicted molar refractivity (Wildman–Crippen MR) is 121 cm³/mol. The number of hydrogen-bond donors (Lipinski definition) is 2. The van der Waals surface area contributed by atoms with Crippen molar-refractivity contribution in [1.29, 1.82) is 0 Å². The van der Waals surface area contributed by atoms with Gasteiger partial charge in [0.2, 0.25) is 0 Å². The monoisotopic (exact) mass is 476 g/mol. The van der Waals surface area contributed by atoms with Crippen LogP contribution in [0.2, 0.25) is 0 Å². The molecule has 1 saturated heterocycles. The van der Waals surface area contributed by atoms with E-state index >= 15 is 0 Å². The van der Waals surface area contributed by atoms with Crippen LogP contribution in [0.25, 0.3) is 0 Å². The van der Waals surface area contributed by atoms with Gasteiger partial charge in [-0.2, -0.15) is 5.10 Å². The van der Waals surface area contributed by atoms with Gasteiger partial charge in [-0.3, -0.25) is 9.67 Å². The summed E-state index contributed by atoms with van der Waals surface area (Å²) >= 11 is 0. The summed E-state index contributed by atoms with van der Waals surface area (Å²) in [5.41, 5.74) is 2.32. The van der Waals surface area contributed by atoms with E-state index in [2.05, 4.69) is 50.2 Å². The largest absolute Gasteiger partial charge is 0.356 e. The highest BCUT2D eigenvalue weighted by molar-refractivity contribution is 14.0. The van der Waals surface area contributed by atoms with Gasteiger partial charge in [-0.1, -0.05) is 6.92 Å². The minimum atomic E-state index is 0. The molecule has 0 aliphatic carbocycles. The van der Waals surface area contributed by atoms with Crippen LogP contribution in [0, 0.1) is 19.8 Å². The summed E-state index contributed by atoms with van der Waals surface area (Å²) in [4.78, 5) is 6.93. The summed E-state index contributed by atoms with van der Waals surface area (Å²) in [6, 6.07) is 2.12. The molecule has 7 heteroatoms. The second kappa shape index (κ2) is 12.5. The molecule has 1 fully saturated rings. The maximum absolute atomic E-state index is 4.50. The van der Waals surface area contributed by atoms with Crippen LogP contribution in [0.1, 0.15) is 44.0 Å². The fourth-order valence-corrected chi connectivity index (χ4v) is 3.53. The molecule has 2 heterocycles. The normalized spacial score (nSPS) is 16.4. The van der Waals surface area contributed by atoms with Gasteiger partial charge in [0.15, 0.2) is 5.96 Å². The molecule has 0 radical (unpaired) electrons. The zero-order valence-corrected chi connectivity index (χ0v) is 19.3. The number of aromatic nitrogens is 2. The molecule has 1 aromatic rings. The Bertz CT molecular complexity index is 534. The van der Waals surface area contributed by atoms with Crippen LogP contribution < -0.4 is 10.6 Å². The van der Waals surface area contributed by atoms with Crippen molar-refractivity contribution in [2.45, 2.75) is 53.0 Å². The van der Waals surface area contributed by atoms with Gasteiger partial charge < -0.3 is 15.5 Å². The minimum Gasteiger partial charge on any atom is -0.356 e. The van der Waals surface area contributed by atoms with E-state index in [1.807, 2.05) is 14.0 Å². The van der Waals surface area contributed by atoms with Crippen molar-refractivity contribution >= 4 is 29.9 Å². The van der Waals surface area contributed by atoms with Gasteiger partial charge in [-0.05, 0) is 71.1 Å². The average molecular weight is 476 g/mol. The zero-order valence-electron chi connectivity index (χ0n) is 16.9. The highest BCUT2D eigenvalue weighted by Crippen LogP contribution is 2.16. The van der Waals surface area contributed by atoms with E-state index in [9.17, 15) is 0 Å². The number of rotatable bonds is 8. The molecule has 6 nitrogen and oxygen atoms in total. The molecule has 26 heavy (non-hydrogen) atoms. The Balaban J connectivity index is 0.00000338. The maximum atomic E-state index is 4.50. The number of aryl methyl sites for hydroxylation is 3. The number of halogens is 1. The third kappa shape index (κ3) is 7.82. The van der Waals surface area contributed by atoms with Gasteiger partial charge in [-0.25, -0.2) is 0 Å². The van der Waals surface area contributed by atoms with Crippen molar-refractivity contribution in [3.05, 3.63) is 17.5 Å². The quantitative estimate of drug-likeness (QED) is 0.262. The van der Waals surface area contributed by atoms with E-state index < -0.39 is 0 Å². The van der Waals surface area contributed by atoms with E-state index in [-0.39, 0.29) is 24.0 Å². The lowest BCUT2D eigenvalue weighted by atomic mass is 9.97. The molecular formula is C19H37IN6. The highest BCUT2D eigenvalue weighted by Gasteiger charge is 2.18. The van der Waals surface area contributed by atoms with Crippen molar-refractivity contribution in [2.24, 2.45) is 10.9 Å².